The van der Waals surface area contributed by atoms with E-state index in [2.05, 4.69) is 5.32 Å². The first-order valence-electron chi connectivity index (χ1n) is 7.34. The fourth-order valence-corrected chi connectivity index (χ4v) is 3.17. The van der Waals surface area contributed by atoms with Gasteiger partial charge in [-0.25, -0.2) is 4.39 Å². The number of hydrogen-bond acceptors (Lipinski definition) is 1. The predicted molar refractivity (Wildman–Crippen MR) is 80.5 cm³/mol. The number of amides is 1. The summed E-state index contributed by atoms with van der Waals surface area (Å²) in [5.74, 6) is -0.381. The number of rotatable bonds is 3. The molecule has 0 atom stereocenters. The van der Waals surface area contributed by atoms with Crippen LogP contribution in [0.2, 0.25) is 0 Å². The molecule has 108 valence electrons. The fourth-order valence-electron chi connectivity index (χ4n) is 3.17. The molecule has 3 heteroatoms. The quantitative estimate of drug-likeness (QED) is 0.905. The molecule has 0 unspecified atom stereocenters. The van der Waals surface area contributed by atoms with Gasteiger partial charge in [0, 0.05) is 11.1 Å². The zero-order chi connectivity index (χ0) is 14.7. The second kappa shape index (κ2) is 5.68. The predicted octanol–water partition coefficient (Wildman–Crippen LogP) is 4.03. The number of hydrogen-bond donors (Lipinski definition) is 1. The highest BCUT2D eigenvalue weighted by atomic mass is 19.1. The van der Waals surface area contributed by atoms with Crippen molar-refractivity contribution in [3.05, 3.63) is 71.5 Å². The lowest BCUT2D eigenvalue weighted by molar-refractivity contribution is 0.0896. The van der Waals surface area contributed by atoms with Gasteiger partial charge in [0.05, 0.1) is 5.54 Å². The van der Waals surface area contributed by atoms with Crippen molar-refractivity contribution in [1.29, 1.82) is 0 Å². The van der Waals surface area contributed by atoms with Gasteiger partial charge in [-0.2, -0.15) is 0 Å². The summed E-state index contributed by atoms with van der Waals surface area (Å²) in [5, 5.41) is 3.09. The Bertz CT molecular complexity index is 633. The maximum Gasteiger partial charge on any atom is 0.251 e. The average molecular weight is 283 g/mol. The number of nitrogens with one attached hydrogen (secondary N) is 1. The summed E-state index contributed by atoms with van der Waals surface area (Å²) in [6.45, 7) is 0. The molecule has 21 heavy (non-hydrogen) atoms. The smallest absolute Gasteiger partial charge is 0.251 e. The van der Waals surface area contributed by atoms with Crippen LogP contribution in [0, 0.1) is 5.82 Å². The van der Waals surface area contributed by atoms with Crippen LogP contribution in [-0.4, -0.2) is 5.91 Å². The Morgan fingerprint density at radius 3 is 2.24 bits per heavy atom. The Morgan fingerprint density at radius 2 is 1.57 bits per heavy atom. The highest BCUT2D eigenvalue weighted by Gasteiger charge is 2.38. The van der Waals surface area contributed by atoms with Crippen LogP contribution in [0.5, 0.6) is 0 Å². The molecule has 1 amide bonds. The van der Waals surface area contributed by atoms with Crippen molar-refractivity contribution in [3.63, 3.8) is 0 Å². The van der Waals surface area contributed by atoms with Gasteiger partial charge in [-0.05, 0) is 31.0 Å². The van der Waals surface area contributed by atoms with E-state index >= 15 is 0 Å². The van der Waals surface area contributed by atoms with Crippen molar-refractivity contribution in [2.24, 2.45) is 0 Å². The first-order valence-corrected chi connectivity index (χ1v) is 7.34. The monoisotopic (exact) mass is 283 g/mol. The van der Waals surface area contributed by atoms with E-state index in [0.29, 0.717) is 11.1 Å². The molecule has 3 rings (SSSR count). The number of carbonyl (C=O) groups excluding carboxylic acids is 1. The summed E-state index contributed by atoms with van der Waals surface area (Å²) in [6, 6.07) is 15.8. The summed E-state index contributed by atoms with van der Waals surface area (Å²) in [6.07, 6.45) is 3.58. The van der Waals surface area contributed by atoms with E-state index in [4.69, 9.17) is 0 Å². The van der Waals surface area contributed by atoms with Crippen LogP contribution in [0.1, 0.15) is 41.6 Å². The molecule has 2 nitrogen and oxygen atoms in total. The van der Waals surface area contributed by atoms with E-state index in [1.807, 2.05) is 24.3 Å². The van der Waals surface area contributed by atoms with Crippen molar-refractivity contribution < 1.29 is 9.18 Å². The molecule has 0 aromatic heterocycles. The summed E-state index contributed by atoms with van der Waals surface area (Å²) in [7, 11) is 0. The molecule has 1 aliphatic carbocycles. The summed E-state index contributed by atoms with van der Waals surface area (Å²) >= 11 is 0. The first-order chi connectivity index (χ1) is 10.2. The van der Waals surface area contributed by atoms with Gasteiger partial charge >= 0.3 is 0 Å². The van der Waals surface area contributed by atoms with Gasteiger partial charge in [-0.1, -0.05) is 49.2 Å². The lowest BCUT2D eigenvalue weighted by atomic mass is 9.87. The first kappa shape index (κ1) is 13.8. The Hall–Kier alpha value is -2.16. The topological polar surface area (TPSA) is 29.1 Å². The van der Waals surface area contributed by atoms with Gasteiger partial charge in [0.15, 0.2) is 0 Å². The van der Waals surface area contributed by atoms with Crippen molar-refractivity contribution >= 4 is 5.91 Å². The number of carbonyl (C=O) groups is 1. The Labute approximate surface area is 124 Å². The summed E-state index contributed by atoms with van der Waals surface area (Å²) < 4.78 is 14.2. The minimum absolute atomic E-state index is 0.138. The van der Waals surface area contributed by atoms with Crippen LogP contribution < -0.4 is 5.32 Å². The second-order valence-corrected chi connectivity index (χ2v) is 5.59. The normalized spacial score (nSPS) is 16.6. The van der Waals surface area contributed by atoms with Crippen LogP contribution in [0.3, 0.4) is 0 Å². The van der Waals surface area contributed by atoms with E-state index in [1.165, 1.54) is 6.07 Å². The van der Waals surface area contributed by atoms with E-state index in [1.54, 1.807) is 24.3 Å². The van der Waals surface area contributed by atoms with Gasteiger partial charge in [-0.3, -0.25) is 4.79 Å². The molecule has 0 spiro atoms. The molecular formula is C18H18FNO. The second-order valence-electron chi connectivity index (χ2n) is 5.59. The molecule has 1 saturated carbocycles. The Kier molecular flexibility index (Phi) is 3.74. The van der Waals surface area contributed by atoms with E-state index < -0.39 is 5.54 Å². The van der Waals surface area contributed by atoms with Gasteiger partial charge in [0.2, 0.25) is 0 Å². The van der Waals surface area contributed by atoms with Gasteiger partial charge < -0.3 is 5.32 Å². The summed E-state index contributed by atoms with van der Waals surface area (Å²) in [5.41, 5.74) is 0.644. The van der Waals surface area contributed by atoms with E-state index in [0.717, 1.165) is 25.7 Å². The summed E-state index contributed by atoms with van der Waals surface area (Å²) in [4.78, 5) is 12.5. The van der Waals surface area contributed by atoms with Gasteiger partial charge in [-0.15, -0.1) is 0 Å². The van der Waals surface area contributed by atoms with E-state index in [9.17, 15) is 9.18 Å². The molecule has 0 radical (unpaired) electrons. The third kappa shape index (κ3) is 2.68. The zero-order valence-electron chi connectivity index (χ0n) is 11.8. The minimum atomic E-state index is -0.571. The third-order valence-corrected chi connectivity index (χ3v) is 4.24. The third-order valence-electron chi connectivity index (χ3n) is 4.24. The Balaban J connectivity index is 1.92. The maximum absolute atomic E-state index is 14.2. The molecule has 2 aromatic carbocycles. The largest absolute Gasteiger partial charge is 0.342 e. The molecular weight excluding hydrogens is 265 g/mol. The van der Waals surface area contributed by atoms with Crippen molar-refractivity contribution in [2.45, 2.75) is 31.2 Å². The van der Waals surface area contributed by atoms with Gasteiger partial charge in [0.25, 0.3) is 5.91 Å². The molecule has 1 fully saturated rings. The van der Waals surface area contributed by atoms with E-state index in [-0.39, 0.29) is 11.7 Å². The molecule has 1 N–H and O–H groups in total. The van der Waals surface area contributed by atoms with Crippen LogP contribution in [0.25, 0.3) is 0 Å². The molecule has 0 heterocycles. The number of benzene rings is 2. The molecule has 0 aliphatic heterocycles. The Morgan fingerprint density at radius 1 is 0.952 bits per heavy atom. The lowest BCUT2D eigenvalue weighted by Gasteiger charge is -2.31. The average Bonchev–Trinajstić information content (AvgIpc) is 2.98. The SMILES string of the molecule is O=C(NC1(c2ccccc2F)CCCC1)c1ccccc1. The molecule has 1 aliphatic rings. The van der Waals surface area contributed by atoms with Crippen LogP contribution in [0.15, 0.2) is 54.6 Å². The van der Waals surface area contributed by atoms with Crippen molar-refractivity contribution in [1.82, 2.24) is 5.32 Å². The van der Waals surface area contributed by atoms with Crippen molar-refractivity contribution in [3.8, 4) is 0 Å². The lowest BCUT2D eigenvalue weighted by Crippen LogP contribution is -2.44. The zero-order valence-corrected chi connectivity index (χ0v) is 11.8. The molecule has 2 aromatic rings. The molecule has 0 bridgehead atoms. The molecule has 0 saturated heterocycles. The standard InChI is InChI=1S/C18H18FNO/c19-16-11-5-4-10-15(16)18(12-6-7-13-18)20-17(21)14-8-2-1-3-9-14/h1-5,8-11H,6-7,12-13H2,(H,20,21). The van der Waals surface area contributed by atoms with Gasteiger partial charge in [0.1, 0.15) is 5.82 Å². The highest BCUT2D eigenvalue weighted by molar-refractivity contribution is 5.94. The van der Waals surface area contributed by atoms with Crippen LogP contribution >= 0.6 is 0 Å². The van der Waals surface area contributed by atoms with Crippen molar-refractivity contribution in [2.75, 3.05) is 0 Å². The fraction of sp³-hybridized carbons (Fsp3) is 0.278. The minimum Gasteiger partial charge on any atom is -0.342 e. The highest BCUT2D eigenvalue weighted by Crippen LogP contribution is 2.40. The van der Waals surface area contributed by atoms with Crippen LogP contribution in [-0.2, 0) is 5.54 Å². The maximum atomic E-state index is 14.2. The van der Waals surface area contributed by atoms with Crippen LogP contribution in [0.4, 0.5) is 4.39 Å². The number of halogens is 1.